The van der Waals surface area contributed by atoms with E-state index in [0.717, 1.165) is 25.6 Å². The molecule has 21 heavy (non-hydrogen) atoms. The average molecular weight is 379 g/mol. The van der Waals surface area contributed by atoms with Gasteiger partial charge in [0, 0.05) is 38.8 Å². The highest BCUT2D eigenvalue weighted by atomic mass is 79.9. The second-order valence-corrected chi connectivity index (χ2v) is 8.28. The van der Waals surface area contributed by atoms with E-state index in [1.165, 1.54) is 23.2 Å². The summed E-state index contributed by atoms with van der Waals surface area (Å²) in [6, 6.07) is 1.38. The van der Waals surface area contributed by atoms with Gasteiger partial charge in [0.2, 0.25) is 10.0 Å². The summed E-state index contributed by atoms with van der Waals surface area (Å²) in [7, 11) is -3.56. The van der Waals surface area contributed by atoms with Crippen LogP contribution in [-0.2, 0) is 16.6 Å². The van der Waals surface area contributed by atoms with Crippen LogP contribution in [0.3, 0.4) is 0 Å². The lowest BCUT2D eigenvalue weighted by atomic mass is 10.3. The number of aliphatic hydroxyl groups is 1. The summed E-state index contributed by atoms with van der Waals surface area (Å²) in [6.45, 7) is 3.33. The standard InChI is InChI=1S/C13H19BrN2O4S/c14-13-12(7-11(9-17)20-13)21(18,19)16-5-3-15(4-6-16)8-10-1-2-10/h7,10,17H,1-6,8-9H2. The van der Waals surface area contributed by atoms with Gasteiger partial charge in [0.25, 0.3) is 0 Å². The molecule has 2 heterocycles. The van der Waals surface area contributed by atoms with Gasteiger partial charge in [-0.05, 0) is 34.7 Å². The number of furan rings is 1. The molecule has 3 rings (SSSR count). The molecule has 2 fully saturated rings. The minimum atomic E-state index is -3.56. The van der Waals surface area contributed by atoms with Crippen LogP contribution < -0.4 is 0 Å². The molecule has 0 atom stereocenters. The molecule has 1 aromatic heterocycles. The SMILES string of the molecule is O=S(=O)(c1cc(CO)oc1Br)N1CCN(CC2CC2)CC1. The Balaban J connectivity index is 1.68. The molecule has 0 spiro atoms. The molecule has 1 N–H and O–H groups in total. The average Bonchev–Trinajstić information content (AvgIpc) is 3.19. The monoisotopic (exact) mass is 378 g/mol. The number of nitrogens with zero attached hydrogens (tertiary/aromatic N) is 2. The van der Waals surface area contributed by atoms with Crippen LogP contribution in [-0.4, -0.2) is 55.5 Å². The lowest BCUT2D eigenvalue weighted by molar-refractivity contribution is 0.182. The summed E-state index contributed by atoms with van der Waals surface area (Å²) in [5, 5.41) is 9.05. The van der Waals surface area contributed by atoms with Gasteiger partial charge >= 0.3 is 0 Å². The number of piperazine rings is 1. The van der Waals surface area contributed by atoms with Gasteiger partial charge in [-0.25, -0.2) is 8.42 Å². The highest BCUT2D eigenvalue weighted by molar-refractivity contribution is 9.10. The van der Waals surface area contributed by atoms with E-state index in [4.69, 9.17) is 9.52 Å². The van der Waals surface area contributed by atoms with Crippen molar-refractivity contribution in [2.75, 3.05) is 32.7 Å². The molecule has 0 amide bonds. The third-order valence-electron chi connectivity index (χ3n) is 4.02. The number of hydrogen-bond acceptors (Lipinski definition) is 5. The maximum absolute atomic E-state index is 12.6. The predicted octanol–water partition coefficient (Wildman–Crippen LogP) is 1.25. The summed E-state index contributed by atoms with van der Waals surface area (Å²) in [6.07, 6.45) is 2.62. The van der Waals surface area contributed by atoms with E-state index in [1.54, 1.807) is 0 Å². The minimum Gasteiger partial charge on any atom is -0.450 e. The van der Waals surface area contributed by atoms with Crippen LogP contribution in [0.1, 0.15) is 18.6 Å². The first-order valence-electron chi connectivity index (χ1n) is 7.12. The van der Waals surface area contributed by atoms with Crippen molar-refractivity contribution >= 4 is 26.0 Å². The van der Waals surface area contributed by atoms with Crippen LogP contribution >= 0.6 is 15.9 Å². The summed E-state index contributed by atoms with van der Waals surface area (Å²) >= 11 is 3.12. The van der Waals surface area contributed by atoms with E-state index in [-0.39, 0.29) is 21.9 Å². The number of aliphatic hydroxyl groups excluding tert-OH is 1. The van der Waals surface area contributed by atoms with Crippen molar-refractivity contribution in [1.29, 1.82) is 0 Å². The van der Waals surface area contributed by atoms with Gasteiger partial charge < -0.3 is 14.4 Å². The molecule has 1 saturated carbocycles. The highest BCUT2D eigenvalue weighted by Gasteiger charge is 2.33. The Labute approximate surface area is 132 Å². The molecule has 8 heteroatoms. The van der Waals surface area contributed by atoms with Crippen molar-refractivity contribution < 1.29 is 17.9 Å². The Morgan fingerprint density at radius 3 is 2.48 bits per heavy atom. The van der Waals surface area contributed by atoms with Crippen LogP contribution in [0.4, 0.5) is 0 Å². The second-order valence-electron chi connectivity index (χ2n) is 5.66. The molecule has 118 valence electrons. The molecule has 2 aliphatic rings. The fraction of sp³-hybridized carbons (Fsp3) is 0.692. The Morgan fingerprint density at radius 1 is 1.29 bits per heavy atom. The van der Waals surface area contributed by atoms with Crippen molar-refractivity contribution in [3.8, 4) is 0 Å². The van der Waals surface area contributed by atoms with E-state index < -0.39 is 10.0 Å². The maximum Gasteiger partial charge on any atom is 0.247 e. The van der Waals surface area contributed by atoms with Gasteiger partial charge in [0.05, 0.1) is 0 Å². The van der Waals surface area contributed by atoms with Gasteiger partial charge in [0.1, 0.15) is 17.3 Å². The Hall–Kier alpha value is -0.410. The summed E-state index contributed by atoms with van der Waals surface area (Å²) in [5.74, 6) is 1.07. The predicted molar refractivity (Wildman–Crippen MR) is 80.3 cm³/mol. The zero-order valence-corrected chi connectivity index (χ0v) is 14.1. The van der Waals surface area contributed by atoms with Gasteiger partial charge in [0.15, 0.2) is 4.67 Å². The number of halogens is 1. The van der Waals surface area contributed by atoms with Crippen molar-refractivity contribution in [2.24, 2.45) is 5.92 Å². The Kier molecular flexibility index (Phi) is 4.42. The first-order valence-corrected chi connectivity index (χ1v) is 9.35. The lowest BCUT2D eigenvalue weighted by Gasteiger charge is -2.33. The largest absolute Gasteiger partial charge is 0.450 e. The second kappa shape index (κ2) is 6.00. The number of sulfonamides is 1. The zero-order valence-electron chi connectivity index (χ0n) is 11.7. The van der Waals surface area contributed by atoms with Gasteiger partial charge in [-0.15, -0.1) is 0 Å². The molecule has 1 aliphatic heterocycles. The van der Waals surface area contributed by atoms with Crippen molar-refractivity contribution in [1.82, 2.24) is 9.21 Å². The molecule has 0 radical (unpaired) electrons. The smallest absolute Gasteiger partial charge is 0.247 e. The summed E-state index contributed by atoms with van der Waals surface area (Å²) in [5.41, 5.74) is 0. The van der Waals surface area contributed by atoms with E-state index in [1.807, 2.05) is 0 Å². The number of rotatable bonds is 5. The van der Waals surface area contributed by atoms with Crippen molar-refractivity contribution in [3.05, 3.63) is 16.5 Å². The molecular formula is C13H19BrN2O4S. The van der Waals surface area contributed by atoms with Gasteiger partial charge in [-0.2, -0.15) is 4.31 Å². The Bertz CT molecular complexity index is 604. The molecule has 0 unspecified atom stereocenters. The molecule has 1 aromatic rings. The van der Waals surface area contributed by atoms with Crippen LogP contribution in [0.25, 0.3) is 0 Å². The minimum absolute atomic E-state index is 0.0993. The Morgan fingerprint density at radius 2 is 1.95 bits per heavy atom. The van der Waals surface area contributed by atoms with Crippen LogP contribution in [0.2, 0.25) is 0 Å². The van der Waals surface area contributed by atoms with E-state index in [2.05, 4.69) is 20.8 Å². The summed E-state index contributed by atoms with van der Waals surface area (Å²) in [4.78, 5) is 2.44. The van der Waals surface area contributed by atoms with Crippen molar-refractivity contribution in [2.45, 2.75) is 24.3 Å². The van der Waals surface area contributed by atoms with E-state index in [9.17, 15) is 8.42 Å². The third-order valence-corrected chi connectivity index (χ3v) is 6.78. The normalized spacial score (nSPS) is 21.8. The van der Waals surface area contributed by atoms with Gasteiger partial charge in [-0.3, -0.25) is 0 Å². The van der Waals surface area contributed by atoms with E-state index >= 15 is 0 Å². The number of hydrogen-bond donors (Lipinski definition) is 1. The molecular weight excluding hydrogens is 360 g/mol. The third kappa shape index (κ3) is 3.34. The van der Waals surface area contributed by atoms with Crippen LogP contribution in [0.15, 0.2) is 20.0 Å². The first-order chi connectivity index (χ1) is 10.0. The topological polar surface area (TPSA) is 74.0 Å². The molecule has 1 saturated heterocycles. The highest BCUT2D eigenvalue weighted by Crippen LogP contribution is 2.31. The fourth-order valence-corrected chi connectivity index (χ4v) is 4.99. The van der Waals surface area contributed by atoms with Crippen LogP contribution in [0.5, 0.6) is 0 Å². The van der Waals surface area contributed by atoms with E-state index in [0.29, 0.717) is 13.1 Å². The fourth-order valence-electron chi connectivity index (χ4n) is 2.61. The van der Waals surface area contributed by atoms with Crippen LogP contribution in [0, 0.1) is 5.92 Å². The maximum atomic E-state index is 12.6. The molecule has 0 aromatic carbocycles. The lowest BCUT2D eigenvalue weighted by Crippen LogP contribution is -2.49. The van der Waals surface area contributed by atoms with Crippen molar-refractivity contribution in [3.63, 3.8) is 0 Å². The summed E-state index contributed by atoms with van der Waals surface area (Å²) < 4.78 is 32.1. The molecule has 6 nitrogen and oxygen atoms in total. The zero-order chi connectivity index (χ0) is 15.0. The molecule has 0 bridgehead atoms. The first kappa shape index (κ1) is 15.5. The quantitative estimate of drug-likeness (QED) is 0.834. The van der Waals surface area contributed by atoms with Gasteiger partial charge in [-0.1, -0.05) is 0 Å². The molecule has 1 aliphatic carbocycles.